The van der Waals surface area contributed by atoms with Crippen molar-refractivity contribution in [3.05, 3.63) is 84.5 Å². The largest absolute Gasteiger partial charge is 0.461 e. The van der Waals surface area contributed by atoms with Crippen LogP contribution in [0, 0.1) is 6.92 Å². The standard InChI is InChI=1S/C22H16N4O3/c1-14-7-8-15(18-13-26-9-3-2-6-21(26)23-18)11-16(14)24-22(27)17-12-20(29-25-17)19-5-4-10-28-19/h2-13H,1H3,(H,24,27). The monoisotopic (exact) mass is 384 g/mol. The molecular formula is C22H16N4O3. The van der Waals surface area contributed by atoms with Gasteiger partial charge in [0.15, 0.2) is 11.5 Å². The number of carbonyl (C=O) groups excluding carboxylic acids is 1. The molecule has 0 aliphatic carbocycles. The van der Waals surface area contributed by atoms with Gasteiger partial charge in [-0.15, -0.1) is 0 Å². The lowest BCUT2D eigenvalue weighted by Crippen LogP contribution is -2.13. The summed E-state index contributed by atoms with van der Waals surface area (Å²) in [5.41, 5.74) is 4.39. The third kappa shape index (κ3) is 3.19. The molecule has 29 heavy (non-hydrogen) atoms. The summed E-state index contributed by atoms with van der Waals surface area (Å²) in [4.78, 5) is 17.3. The van der Waals surface area contributed by atoms with E-state index in [4.69, 9.17) is 8.94 Å². The van der Waals surface area contributed by atoms with Crippen molar-refractivity contribution in [1.82, 2.24) is 14.5 Å². The zero-order chi connectivity index (χ0) is 19.8. The number of hydrogen-bond donors (Lipinski definition) is 1. The molecule has 0 saturated heterocycles. The second-order valence-corrected chi connectivity index (χ2v) is 6.63. The maximum Gasteiger partial charge on any atom is 0.277 e. The highest BCUT2D eigenvalue weighted by atomic mass is 16.5. The van der Waals surface area contributed by atoms with Gasteiger partial charge in [0.1, 0.15) is 5.65 Å². The number of rotatable bonds is 4. The number of furan rings is 1. The molecule has 1 aromatic carbocycles. The van der Waals surface area contributed by atoms with E-state index in [9.17, 15) is 4.79 Å². The van der Waals surface area contributed by atoms with E-state index in [1.54, 1.807) is 18.2 Å². The van der Waals surface area contributed by atoms with Crippen LogP contribution in [0.2, 0.25) is 0 Å². The number of pyridine rings is 1. The molecule has 0 unspecified atom stereocenters. The van der Waals surface area contributed by atoms with Crippen molar-refractivity contribution >= 4 is 17.2 Å². The molecular weight excluding hydrogens is 368 g/mol. The van der Waals surface area contributed by atoms with Gasteiger partial charge < -0.3 is 18.7 Å². The average Bonchev–Trinajstić information content (AvgIpc) is 3.48. The number of anilines is 1. The van der Waals surface area contributed by atoms with Gasteiger partial charge in [0, 0.05) is 29.7 Å². The van der Waals surface area contributed by atoms with E-state index >= 15 is 0 Å². The minimum absolute atomic E-state index is 0.175. The summed E-state index contributed by atoms with van der Waals surface area (Å²) in [7, 11) is 0. The third-order valence-corrected chi connectivity index (χ3v) is 4.65. The first kappa shape index (κ1) is 17.0. The third-order valence-electron chi connectivity index (χ3n) is 4.65. The summed E-state index contributed by atoms with van der Waals surface area (Å²) in [6, 6.07) is 16.7. The molecule has 1 amide bonds. The molecule has 5 rings (SSSR count). The van der Waals surface area contributed by atoms with Gasteiger partial charge in [-0.05, 0) is 42.8 Å². The summed E-state index contributed by atoms with van der Waals surface area (Å²) in [6.45, 7) is 1.93. The predicted molar refractivity (Wildman–Crippen MR) is 108 cm³/mol. The fourth-order valence-electron chi connectivity index (χ4n) is 3.09. The molecule has 4 heterocycles. The van der Waals surface area contributed by atoms with Gasteiger partial charge in [0.2, 0.25) is 5.76 Å². The molecule has 0 aliphatic heterocycles. The minimum Gasteiger partial charge on any atom is -0.461 e. The predicted octanol–water partition coefficient (Wildman–Crippen LogP) is 4.81. The zero-order valence-electron chi connectivity index (χ0n) is 15.5. The maximum atomic E-state index is 12.7. The van der Waals surface area contributed by atoms with E-state index < -0.39 is 0 Å². The Morgan fingerprint density at radius 2 is 2.00 bits per heavy atom. The molecule has 1 N–H and O–H groups in total. The first-order chi connectivity index (χ1) is 14.2. The molecule has 7 heteroatoms. The Labute approximate surface area is 165 Å². The Kier molecular flexibility index (Phi) is 3.98. The number of amides is 1. The number of carbonyl (C=O) groups is 1. The molecule has 5 aromatic rings. The average molecular weight is 384 g/mol. The van der Waals surface area contributed by atoms with Gasteiger partial charge in [-0.25, -0.2) is 4.98 Å². The van der Waals surface area contributed by atoms with E-state index in [0.717, 1.165) is 22.5 Å². The van der Waals surface area contributed by atoms with Gasteiger partial charge in [-0.3, -0.25) is 4.79 Å². The van der Waals surface area contributed by atoms with Crippen LogP contribution in [-0.2, 0) is 0 Å². The van der Waals surface area contributed by atoms with Crippen LogP contribution < -0.4 is 5.32 Å². The Morgan fingerprint density at radius 3 is 2.83 bits per heavy atom. The van der Waals surface area contributed by atoms with Crippen molar-refractivity contribution in [2.24, 2.45) is 0 Å². The van der Waals surface area contributed by atoms with Crippen LogP contribution in [-0.4, -0.2) is 20.4 Å². The highest BCUT2D eigenvalue weighted by Gasteiger charge is 2.16. The van der Waals surface area contributed by atoms with Crippen LogP contribution >= 0.6 is 0 Å². The topological polar surface area (TPSA) is 85.6 Å². The normalized spacial score (nSPS) is 11.1. The van der Waals surface area contributed by atoms with Gasteiger partial charge in [0.25, 0.3) is 5.91 Å². The first-order valence-electron chi connectivity index (χ1n) is 9.04. The molecule has 0 spiro atoms. The van der Waals surface area contributed by atoms with E-state index in [-0.39, 0.29) is 11.6 Å². The number of nitrogens with one attached hydrogen (secondary N) is 1. The fraction of sp³-hybridized carbons (Fsp3) is 0.0455. The van der Waals surface area contributed by atoms with Gasteiger partial charge in [0.05, 0.1) is 12.0 Å². The van der Waals surface area contributed by atoms with Crippen molar-refractivity contribution in [3.63, 3.8) is 0 Å². The fourth-order valence-corrected chi connectivity index (χ4v) is 3.09. The van der Waals surface area contributed by atoms with Crippen molar-refractivity contribution in [2.75, 3.05) is 5.32 Å². The van der Waals surface area contributed by atoms with Crippen LogP contribution in [0.1, 0.15) is 16.1 Å². The molecule has 0 fully saturated rings. The summed E-state index contributed by atoms with van der Waals surface area (Å²) in [5.74, 6) is 0.554. The number of hydrogen-bond acceptors (Lipinski definition) is 5. The quantitative estimate of drug-likeness (QED) is 0.481. The lowest BCUT2D eigenvalue weighted by molar-refractivity contribution is 0.101. The Bertz CT molecular complexity index is 1280. The number of aryl methyl sites for hydroxylation is 1. The molecule has 7 nitrogen and oxygen atoms in total. The highest BCUT2D eigenvalue weighted by molar-refractivity contribution is 6.04. The van der Waals surface area contributed by atoms with Crippen molar-refractivity contribution in [3.8, 4) is 22.8 Å². The molecule has 0 radical (unpaired) electrons. The Morgan fingerprint density at radius 1 is 1.07 bits per heavy atom. The molecule has 0 aliphatic rings. The molecule has 0 saturated carbocycles. The van der Waals surface area contributed by atoms with Crippen LogP contribution in [0.3, 0.4) is 0 Å². The van der Waals surface area contributed by atoms with Crippen molar-refractivity contribution in [2.45, 2.75) is 6.92 Å². The van der Waals surface area contributed by atoms with Crippen LogP contribution in [0.4, 0.5) is 5.69 Å². The van der Waals surface area contributed by atoms with E-state index in [0.29, 0.717) is 17.2 Å². The van der Waals surface area contributed by atoms with Crippen LogP contribution in [0.5, 0.6) is 0 Å². The molecule has 0 atom stereocenters. The first-order valence-corrected chi connectivity index (χ1v) is 9.04. The van der Waals surface area contributed by atoms with Gasteiger partial charge in [-0.1, -0.05) is 23.4 Å². The Balaban J connectivity index is 1.42. The summed E-state index contributed by atoms with van der Waals surface area (Å²) in [5, 5.41) is 6.75. The maximum absolute atomic E-state index is 12.7. The van der Waals surface area contributed by atoms with Crippen molar-refractivity contribution < 1.29 is 13.7 Å². The molecule has 4 aromatic heterocycles. The number of fused-ring (bicyclic) bond motifs is 1. The number of imidazole rings is 1. The molecule has 142 valence electrons. The summed E-state index contributed by atoms with van der Waals surface area (Å²) >= 11 is 0. The zero-order valence-corrected chi connectivity index (χ0v) is 15.5. The highest BCUT2D eigenvalue weighted by Crippen LogP contribution is 2.26. The van der Waals surface area contributed by atoms with Crippen molar-refractivity contribution in [1.29, 1.82) is 0 Å². The smallest absolute Gasteiger partial charge is 0.277 e. The van der Waals surface area contributed by atoms with Gasteiger partial charge >= 0.3 is 0 Å². The minimum atomic E-state index is -0.359. The van der Waals surface area contributed by atoms with E-state index in [2.05, 4.69) is 15.5 Å². The summed E-state index contributed by atoms with van der Waals surface area (Å²) < 4.78 is 12.4. The van der Waals surface area contributed by atoms with E-state index in [1.165, 1.54) is 6.26 Å². The van der Waals surface area contributed by atoms with E-state index in [1.807, 2.05) is 60.1 Å². The lowest BCUT2D eigenvalue weighted by Gasteiger charge is -2.08. The number of aromatic nitrogens is 3. The second-order valence-electron chi connectivity index (χ2n) is 6.63. The molecule has 0 bridgehead atoms. The second kappa shape index (κ2) is 6.79. The van der Waals surface area contributed by atoms with Crippen LogP contribution in [0.15, 0.2) is 82.2 Å². The Hall–Kier alpha value is -4.13. The van der Waals surface area contributed by atoms with Gasteiger partial charge in [-0.2, -0.15) is 0 Å². The SMILES string of the molecule is Cc1ccc(-c2cn3ccccc3n2)cc1NC(=O)c1cc(-c2ccco2)on1. The van der Waals surface area contributed by atoms with Crippen LogP contribution in [0.25, 0.3) is 28.4 Å². The number of benzene rings is 1. The number of nitrogens with zero attached hydrogens (tertiary/aromatic N) is 3. The lowest BCUT2D eigenvalue weighted by atomic mass is 10.1. The summed E-state index contributed by atoms with van der Waals surface area (Å²) in [6.07, 6.45) is 5.44.